The molecule has 1 aliphatic heterocycles. The van der Waals surface area contributed by atoms with Crippen LogP contribution in [0.4, 0.5) is 4.79 Å². The van der Waals surface area contributed by atoms with Gasteiger partial charge in [-0.05, 0) is 19.3 Å². The van der Waals surface area contributed by atoms with Crippen LogP contribution in [0, 0.1) is 0 Å². The molecule has 18 heavy (non-hydrogen) atoms. The molecular weight excluding hydrogens is 260 g/mol. The number of nitrogens with one attached hydrogen (secondary N) is 2. The van der Waals surface area contributed by atoms with Gasteiger partial charge in [-0.1, -0.05) is 6.92 Å². The zero-order valence-electron chi connectivity index (χ0n) is 10.2. The lowest BCUT2D eigenvalue weighted by Crippen LogP contribution is -2.47. The minimum Gasteiger partial charge on any atom is -0.480 e. The minimum atomic E-state index is -3.09. The van der Waals surface area contributed by atoms with Gasteiger partial charge in [-0.15, -0.1) is 0 Å². The standard InChI is InChI=1S/C10H18N2O5S/c1-2-8(9(13)14)12-10(15)11-6-7-4-3-5-18(7,16)17/h7-8H,2-6H2,1H3,(H,13,14)(H2,11,12,15)/t7?,8-/m0/s1. The first-order valence-corrected chi connectivity index (χ1v) is 7.57. The van der Waals surface area contributed by atoms with E-state index < -0.39 is 33.1 Å². The molecule has 8 heteroatoms. The monoisotopic (exact) mass is 278 g/mol. The number of sulfone groups is 1. The summed E-state index contributed by atoms with van der Waals surface area (Å²) in [6, 6.07) is -1.60. The molecule has 1 fully saturated rings. The van der Waals surface area contributed by atoms with Crippen LogP contribution >= 0.6 is 0 Å². The van der Waals surface area contributed by atoms with Gasteiger partial charge in [0.1, 0.15) is 6.04 Å². The van der Waals surface area contributed by atoms with Crippen LogP contribution in [0.2, 0.25) is 0 Å². The highest BCUT2D eigenvalue weighted by Gasteiger charge is 2.31. The lowest BCUT2D eigenvalue weighted by Gasteiger charge is -2.15. The Morgan fingerprint density at radius 2 is 2.11 bits per heavy atom. The van der Waals surface area contributed by atoms with Gasteiger partial charge in [0.25, 0.3) is 0 Å². The molecule has 3 N–H and O–H groups in total. The van der Waals surface area contributed by atoms with E-state index in [1.165, 1.54) is 0 Å². The van der Waals surface area contributed by atoms with Crippen LogP contribution in [0.25, 0.3) is 0 Å². The molecular formula is C10H18N2O5S. The van der Waals surface area contributed by atoms with Crippen LogP contribution in [0.3, 0.4) is 0 Å². The van der Waals surface area contributed by atoms with Gasteiger partial charge in [0, 0.05) is 6.54 Å². The molecule has 1 saturated heterocycles. The van der Waals surface area contributed by atoms with Crippen molar-refractivity contribution in [2.24, 2.45) is 0 Å². The zero-order chi connectivity index (χ0) is 13.8. The second-order valence-electron chi connectivity index (χ2n) is 4.28. The third-order valence-corrected chi connectivity index (χ3v) is 5.24. The SMILES string of the molecule is CC[C@H](NC(=O)NCC1CCCS1(=O)=O)C(=O)O. The van der Waals surface area contributed by atoms with E-state index in [9.17, 15) is 18.0 Å². The quantitative estimate of drug-likeness (QED) is 0.640. The van der Waals surface area contributed by atoms with Crippen molar-refractivity contribution in [3.8, 4) is 0 Å². The summed E-state index contributed by atoms with van der Waals surface area (Å²) in [4.78, 5) is 22.1. The van der Waals surface area contributed by atoms with Gasteiger partial charge in [0.05, 0.1) is 11.0 Å². The first-order valence-electron chi connectivity index (χ1n) is 5.85. The molecule has 0 aromatic rings. The van der Waals surface area contributed by atoms with Crippen molar-refractivity contribution >= 4 is 21.8 Å². The summed E-state index contributed by atoms with van der Waals surface area (Å²) in [6.07, 6.45) is 1.42. The summed E-state index contributed by atoms with van der Waals surface area (Å²) in [5.41, 5.74) is 0. The molecule has 0 radical (unpaired) electrons. The van der Waals surface area contributed by atoms with E-state index in [2.05, 4.69) is 10.6 Å². The second kappa shape index (κ2) is 6.03. The number of carbonyl (C=O) groups is 2. The Balaban J connectivity index is 2.40. The van der Waals surface area contributed by atoms with Crippen molar-refractivity contribution in [2.75, 3.05) is 12.3 Å². The molecule has 1 rings (SSSR count). The van der Waals surface area contributed by atoms with E-state index in [4.69, 9.17) is 5.11 Å². The predicted molar refractivity (Wildman–Crippen MR) is 65.1 cm³/mol. The Kier molecular flexibility index (Phi) is 4.94. The van der Waals surface area contributed by atoms with Gasteiger partial charge in [-0.3, -0.25) is 0 Å². The van der Waals surface area contributed by atoms with Crippen LogP contribution in [-0.4, -0.2) is 49.1 Å². The molecule has 0 spiro atoms. The van der Waals surface area contributed by atoms with Gasteiger partial charge in [0.2, 0.25) is 0 Å². The first kappa shape index (κ1) is 14.7. The fourth-order valence-corrected chi connectivity index (χ4v) is 3.61. The molecule has 2 amide bonds. The van der Waals surface area contributed by atoms with Crippen molar-refractivity contribution < 1.29 is 23.1 Å². The summed E-state index contributed by atoms with van der Waals surface area (Å²) in [5.74, 6) is -0.950. The number of hydrogen-bond donors (Lipinski definition) is 3. The molecule has 0 saturated carbocycles. The van der Waals surface area contributed by atoms with Crippen molar-refractivity contribution in [3.05, 3.63) is 0 Å². The maximum Gasteiger partial charge on any atom is 0.326 e. The highest BCUT2D eigenvalue weighted by molar-refractivity contribution is 7.92. The first-order chi connectivity index (χ1) is 8.36. The van der Waals surface area contributed by atoms with Crippen LogP contribution in [0.5, 0.6) is 0 Å². The number of carboxylic acid groups (broad SMARTS) is 1. The van der Waals surface area contributed by atoms with Gasteiger partial charge in [0.15, 0.2) is 9.84 Å². The van der Waals surface area contributed by atoms with Crippen LogP contribution in [-0.2, 0) is 14.6 Å². The summed E-state index contributed by atoms with van der Waals surface area (Å²) >= 11 is 0. The summed E-state index contributed by atoms with van der Waals surface area (Å²) < 4.78 is 23.0. The van der Waals surface area contributed by atoms with Gasteiger partial charge in [-0.2, -0.15) is 0 Å². The van der Waals surface area contributed by atoms with E-state index in [1.54, 1.807) is 6.92 Å². The van der Waals surface area contributed by atoms with Crippen molar-refractivity contribution in [1.82, 2.24) is 10.6 Å². The Hall–Kier alpha value is -1.31. The Morgan fingerprint density at radius 1 is 1.44 bits per heavy atom. The van der Waals surface area contributed by atoms with Crippen molar-refractivity contribution in [2.45, 2.75) is 37.5 Å². The van der Waals surface area contributed by atoms with E-state index in [0.29, 0.717) is 12.8 Å². The molecule has 1 aliphatic rings. The van der Waals surface area contributed by atoms with Gasteiger partial charge < -0.3 is 15.7 Å². The van der Waals surface area contributed by atoms with E-state index in [1.807, 2.05) is 0 Å². The van der Waals surface area contributed by atoms with Crippen molar-refractivity contribution in [1.29, 1.82) is 0 Å². The van der Waals surface area contributed by atoms with Crippen LogP contribution < -0.4 is 10.6 Å². The lowest BCUT2D eigenvalue weighted by atomic mass is 10.2. The summed E-state index contributed by atoms with van der Waals surface area (Å²) in [5, 5.41) is 12.9. The molecule has 7 nitrogen and oxygen atoms in total. The van der Waals surface area contributed by atoms with Crippen LogP contribution in [0.1, 0.15) is 26.2 Å². The maximum atomic E-state index is 11.5. The largest absolute Gasteiger partial charge is 0.480 e. The number of aliphatic carboxylic acids is 1. The topological polar surface area (TPSA) is 113 Å². The lowest BCUT2D eigenvalue weighted by molar-refractivity contribution is -0.139. The zero-order valence-corrected chi connectivity index (χ0v) is 11.0. The number of urea groups is 1. The van der Waals surface area contributed by atoms with Crippen molar-refractivity contribution in [3.63, 3.8) is 0 Å². The average molecular weight is 278 g/mol. The van der Waals surface area contributed by atoms with Gasteiger partial charge in [-0.25, -0.2) is 18.0 Å². The fourth-order valence-electron chi connectivity index (χ4n) is 1.84. The highest BCUT2D eigenvalue weighted by atomic mass is 32.2. The Labute approximate surface area is 106 Å². The third kappa shape index (κ3) is 3.86. The molecule has 0 aliphatic carbocycles. The number of carboxylic acids is 1. The highest BCUT2D eigenvalue weighted by Crippen LogP contribution is 2.18. The molecule has 1 heterocycles. The van der Waals surface area contributed by atoms with Crippen LogP contribution in [0.15, 0.2) is 0 Å². The predicted octanol–water partition coefficient (Wildman–Crippen LogP) is -0.274. The number of carbonyl (C=O) groups excluding carboxylic acids is 1. The third-order valence-electron chi connectivity index (χ3n) is 2.96. The Bertz CT molecular complexity index is 420. The molecule has 0 aromatic heterocycles. The summed E-state index contributed by atoms with van der Waals surface area (Å²) in [7, 11) is -3.09. The smallest absolute Gasteiger partial charge is 0.326 e. The van der Waals surface area contributed by atoms with E-state index in [-0.39, 0.29) is 18.7 Å². The molecule has 0 aromatic carbocycles. The Morgan fingerprint density at radius 3 is 2.56 bits per heavy atom. The number of rotatable bonds is 5. The molecule has 0 bridgehead atoms. The molecule has 2 atom stereocenters. The molecule has 104 valence electrons. The fraction of sp³-hybridized carbons (Fsp3) is 0.800. The van der Waals surface area contributed by atoms with E-state index >= 15 is 0 Å². The average Bonchev–Trinajstić information content (AvgIpc) is 2.62. The minimum absolute atomic E-state index is 0.0320. The maximum absolute atomic E-state index is 11.5. The number of hydrogen-bond acceptors (Lipinski definition) is 4. The van der Waals surface area contributed by atoms with Gasteiger partial charge >= 0.3 is 12.0 Å². The normalized spacial score (nSPS) is 23.3. The summed E-state index contributed by atoms with van der Waals surface area (Å²) in [6.45, 7) is 1.67. The number of amides is 2. The van der Waals surface area contributed by atoms with E-state index in [0.717, 1.165) is 0 Å². The molecule has 1 unspecified atom stereocenters. The second-order valence-corrected chi connectivity index (χ2v) is 6.69.